The molecule has 0 aliphatic heterocycles. The normalized spacial score (nSPS) is 12.8. The van der Waals surface area contributed by atoms with E-state index >= 15 is 0 Å². The zero-order valence-corrected chi connectivity index (χ0v) is 35.7. The summed E-state index contributed by atoms with van der Waals surface area (Å²) in [4.78, 5) is 54.5. The quantitative estimate of drug-likeness (QED) is 0.0155. The second kappa shape index (κ2) is 39.9. The Morgan fingerprint density at radius 2 is 0.982 bits per heavy atom. The Balaban J connectivity index is 4.00. The van der Waals surface area contributed by atoms with Gasteiger partial charge in [-0.1, -0.05) is 185 Å². The van der Waals surface area contributed by atoms with E-state index in [1.54, 1.807) is 12.2 Å². The molecule has 0 bridgehead atoms. The predicted molar refractivity (Wildman–Crippen MR) is 226 cm³/mol. The highest BCUT2D eigenvalue weighted by Gasteiger charge is 2.22. The van der Waals surface area contributed by atoms with Gasteiger partial charge in [-0.05, 0) is 44.6 Å². The fourth-order valence-corrected chi connectivity index (χ4v) is 6.39. The van der Waals surface area contributed by atoms with E-state index in [-0.39, 0.29) is 25.2 Å². The standard InChI is InChI=1S/C45H79O9P/c1-3-5-7-8-9-10-11-12-13-14-15-16-17-18-21-25-28-31-35-39-45(48)54-43(41-53-55(49,50)51)40-52-44(47)38-34-30-27-24-22-19-20-23-26-29-33-37-42(46)36-32-6-4-2/h19-20,24,26-27,29,33,37,43H,3-18,21-23,25,28,30-32,34-36,38-41H2,1-2H3,(H2,49,50,51)/b20-19-,27-24-,29-26-,37-33+/t43-/m1/s1. The van der Waals surface area contributed by atoms with Gasteiger partial charge in [-0.25, -0.2) is 4.57 Å². The molecule has 0 amide bonds. The molecule has 10 heteroatoms. The number of phosphoric acid groups is 1. The molecule has 1 atom stereocenters. The minimum Gasteiger partial charge on any atom is -0.462 e. The molecule has 2 N–H and O–H groups in total. The van der Waals surface area contributed by atoms with Gasteiger partial charge in [-0.2, -0.15) is 0 Å². The zero-order valence-electron chi connectivity index (χ0n) is 34.8. The summed E-state index contributed by atoms with van der Waals surface area (Å²) in [6.07, 6.45) is 45.4. The first-order valence-corrected chi connectivity index (χ1v) is 23.4. The van der Waals surface area contributed by atoms with E-state index in [1.165, 1.54) is 96.3 Å². The van der Waals surface area contributed by atoms with Gasteiger partial charge >= 0.3 is 19.8 Å². The first-order chi connectivity index (χ1) is 26.7. The molecular weight excluding hydrogens is 715 g/mol. The van der Waals surface area contributed by atoms with Gasteiger partial charge in [-0.15, -0.1) is 0 Å². The molecule has 0 aliphatic carbocycles. The van der Waals surface area contributed by atoms with Gasteiger partial charge in [0, 0.05) is 19.3 Å². The molecule has 9 nitrogen and oxygen atoms in total. The van der Waals surface area contributed by atoms with Crippen LogP contribution in [0.1, 0.15) is 200 Å². The monoisotopic (exact) mass is 795 g/mol. The number of carbonyl (C=O) groups excluding carboxylic acids is 3. The van der Waals surface area contributed by atoms with Crippen molar-refractivity contribution in [2.45, 2.75) is 206 Å². The minimum absolute atomic E-state index is 0.166. The summed E-state index contributed by atoms with van der Waals surface area (Å²) < 4.78 is 26.3. The Morgan fingerprint density at radius 1 is 0.527 bits per heavy atom. The van der Waals surface area contributed by atoms with Gasteiger partial charge in [0.2, 0.25) is 0 Å². The molecule has 0 aliphatic rings. The van der Waals surface area contributed by atoms with Crippen LogP contribution in [0.2, 0.25) is 0 Å². The van der Waals surface area contributed by atoms with Crippen LogP contribution in [0.4, 0.5) is 0 Å². The first-order valence-electron chi connectivity index (χ1n) is 21.9. The smallest absolute Gasteiger partial charge is 0.462 e. The molecule has 0 radical (unpaired) electrons. The maximum atomic E-state index is 12.4. The number of rotatable bonds is 40. The lowest BCUT2D eigenvalue weighted by Crippen LogP contribution is -2.29. The molecule has 0 aromatic heterocycles. The fraction of sp³-hybridized carbons (Fsp3) is 0.756. The third kappa shape index (κ3) is 42.7. The van der Waals surface area contributed by atoms with E-state index in [9.17, 15) is 18.9 Å². The van der Waals surface area contributed by atoms with Crippen LogP contribution >= 0.6 is 7.82 Å². The van der Waals surface area contributed by atoms with E-state index in [4.69, 9.17) is 19.3 Å². The maximum absolute atomic E-state index is 12.4. The number of phosphoric ester groups is 1. The summed E-state index contributed by atoms with van der Waals surface area (Å²) in [5.41, 5.74) is 0. The molecule has 0 rings (SSSR count). The number of ketones is 1. The van der Waals surface area contributed by atoms with Crippen LogP contribution < -0.4 is 0 Å². The molecular formula is C45H79O9P. The van der Waals surface area contributed by atoms with Gasteiger partial charge in [0.1, 0.15) is 6.61 Å². The van der Waals surface area contributed by atoms with Crippen LogP contribution in [0.25, 0.3) is 0 Å². The largest absolute Gasteiger partial charge is 0.469 e. The molecule has 0 aromatic rings. The Morgan fingerprint density at radius 3 is 1.53 bits per heavy atom. The van der Waals surface area contributed by atoms with Crippen LogP contribution in [-0.2, 0) is 32.9 Å². The molecule has 0 heterocycles. The van der Waals surface area contributed by atoms with E-state index in [0.29, 0.717) is 25.7 Å². The topological polar surface area (TPSA) is 136 Å². The summed E-state index contributed by atoms with van der Waals surface area (Å²) in [5, 5.41) is 0. The van der Waals surface area contributed by atoms with Gasteiger partial charge in [0.15, 0.2) is 11.9 Å². The lowest BCUT2D eigenvalue weighted by molar-refractivity contribution is -0.161. The van der Waals surface area contributed by atoms with E-state index < -0.39 is 32.5 Å². The Bertz CT molecular complexity index is 1090. The average Bonchev–Trinajstić information content (AvgIpc) is 3.15. The van der Waals surface area contributed by atoms with Crippen LogP contribution in [0.5, 0.6) is 0 Å². The van der Waals surface area contributed by atoms with Crippen molar-refractivity contribution in [1.29, 1.82) is 0 Å². The number of hydrogen-bond donors (Lipinski definition) is 2. The van der Waals surface area contributed by atoms with Crippen molar-refractivity contribution in [1.82, 2.24) is 0 Å². The number of esters is 2. The summed E-state index contributed by atoms with van der Waals surface area (Å²) in [7, 11) is -4.78. The fourth-order valence-electron chi connectivity index (χ4n) is 6.03. The molecule has 0 aromatic carbocycles. The molecule has 318 valence electrons. The van der Waals surface area contributed by atoms with Crippen LogP contribution in [0.15, 0.2) is 48.6 Å². The Kier molecular flexibility index (Phi) is 38.2. The van der Waals surface area contributed by atoms with Crippen LogP contribution in [0, 0.1) is 0 Å². The molecule has 0 spiro atoms. The SMILES string of the molecule is CCCCCCCCCCCCCCCCCCCCCC(=O)O[C@H](COC(=O)CCC/C=C\C/C=C\C/C=C\C=C\C(=O)CCCCC)COP(=O)(O)O. The number of hydrogen-bond acceptors (Lipinski definition) is 7. The molecule has 0 unspecified atom stereocenters. The number of unbranched alkanes of at least 4 members (excludes halogenated alkanes) is 21. The van der Waals surface area contributed by atoms with Crippen molar-refractivity contribution >= 4 is 25.5 Å². The maximum Gasteiger partial charge on any atom is 0.469 e. The molecule has 0 saturated carbocycles. The van der Waals surface area contributed by atoms with Gasteiger partial charge < -0.3 is 19.3 Å². The summed E-state index contributed by atoms with van der Waals surface area (Å²) >= 11 is 0. The van der Waals surface area contributed by atoms with Crippen LogP contribution in [0.3, 0.4) is 0 Å². The third-order valence-corrected chi connectivity index (χ3v) is 9.81. The van der Waals surface area contributed by atoms with Crippen molar-refractivity contribution in [3.8, 4) is 0 Å². The lowest BCUT2D eigenvalue weighted by Gasteiger charge is -2.18. The van der Waals surface area contributed by atoms with Crippen molar-refractivity contribution in [3.05, 3.63) is 48.6 Å². The van der Waals surface area contributed by atoms with Crippen LogP contribution in [-0.4, -0.2) is 46.8 Å². The summed E-state index contributed by atoms with van der Waals surface area (Å²) in [6.45, 7) is 3.49. The van der Waals surface area contributed by atoms with Crippen molar-refractivity contribution < 1.29 is 42.7 Å². The van der Waals surface area contributed by atoms with Gasteiger partial charge in [0.25, 0.3) is 0 Å². The molecule has 0 saturated heterocycles. The zero-order chi connectivity index (χ0) is 40.5. The second-order valence-corrected chi connectivity index (χ2v) is 16.0. The van der Waals surface area contributed by atoms with Crippen molar-refractivity contribution in [2.24, 2.45) is 0 Å². The first kappa shape index (κ1) is 52.7. The van der Waals surface area contributed by atoms with E-state index in [2.05, 4.69) is 30.5 Å². The van der Waals surface area contributed by atoms with Crippen molar-refractivity contribution in [2.75, 3.05) is 13.2 Å². The van der Waals surface area contributed by atoms with Gasteiger partial charge in [0.05, 0.1) is 6.61 Å². The number of ether oxygens (including phenoxy) is 2. The third-order valence-electron chi connectivity index (χ3n) is 9.33. The average molecular weight is 795 g/mol. The van der Waals surface area contributed by atoms with Gasteiger partial charge in [-0.3, -0.25) is 18.9 Å². The summed E-state index contributed by atoms with van der Waals surface area (Å²) in [6, 6.07) is 0. The van der Waals surface area contributed by atoms with E-state index in [0.717, 1.165) is 51.4 Å². The highest BCUT2D eigenvalue weighted by atomic mass is 31.2. The highest BCUT2D eigenvalue weighted by Crippen LogP contribution is 2.36. The lowest BCUT2D eigenvalue weighted by atomic mass is 10.0. The Hall–Kier alpha value is -2.32. The number of carbonyl (C=O) groups is 3. The predicted octanol–water partition coefficient (Wildman–Crippen LogP) is 12.7. The highest BCUT2D eigenvalue weighted by molar-refractivity contribution is 7.46. The van der Waals surface area contributed by atoms with E-state index in [1.807, 2.05) is 24.3 Å². The molecule has 0 fully saturated rings. The summed E-state index contributed by atoms with van der Waals surface area (Å²) in [5.74, 6) is -0.812. The molecule has 55 heavy (non-hydrogen) atoms. The Labute approximate surface area is 335 Å². The van der Waals surface area contributed by atoms with Crippen molar-refractivity contribution in [3.63, 3.8) is 0 Å². The second-order valence-electron chi connectivity index (χ2n) is 14.7. The minimum atomic E-state index is -4.78. The number of allylic oxidation sites excluding steroid dienone is 8.